The van der Waals surface area contributed by atoms with Crippen LogP contribution in [0.15, 0.2) is 47.3 Å². The second-order valence-corrected chi connectivity index (χ2v) is 24.3. The second kappa shape index (κ2) is 20.1. The lowest BCUT2D eigenvalue weighted by Crippen LogP contribution is -2.55. The molecule has 84 heavy (non-hydrogen) atoms. The first kappa shape index (κ1) is 55.3. The van der Waals surface area contributed by atoms with E-state index in [1.807, 2.05) is 17.9 Å². The lowest BCUT2D eigenvalue weighted by atomic mass is 9.81. The predicted octanol–water partition coefficient (Wildman–Crippen LogP) is 9.09. The summed E-state index contributed by atoms with van der Waals surface area (Å²) in [6.07, 6.45) is -0.642. The van der Waals surface area contributed by atoms with Crippen LogP contribution in [0.4, 0.5) is 33.2 Å². The summed E-state index contributed by atoms with van der Waals surface area (Å²) >= 11 is 7.87. The van der Waals surface area contributed by atoms with Crippen LogP contribution in [0.2, 0.25) is 5.02 Å². The van der Waals surface area contributed by atoms with Crippen molar-refractivity contribution in [2.45, 2.75) is 115 Å². The number of nitrogens with zero attached hydrogens (tertiary/aromatic N) is 8. The number of aliphatic hydroxyl groups is 1. The molecule has 2 amide bonds. The highest BCUT2D eigenvalue weighted by molar-refractivity contribution is 7.23. The molecule has 6 aliphatic rings. The molecule has 9 heterocycles. The first-order valence-corrected chi connectivity index (χ1v) is 29.0. The van der Waals surface area contributed by atoms with Gasteiger partial charge in [-0.2, -0.15) is 15.2 Å². The van der Waals surface area contributed by atoms with Gasteiger partial charge in [-0.1, -0.05) is 31.2 Å². The number of hydrogen-bond donors (Lipinski definition) is 3. The summed E-state index contributed by atoms with van der Waals surface area (Å²) in [6.45, 7) is 11.8. The summed E-state index contributed by atoms with van der Waals surface area (Å²) in [5.41, 5.74) is 6.26. The Morgan fingerprint density at radius 2 is 1.88 bits per heavy atom. The lowest BCUT2D eigenvalue weighted by Gasteiger charge is -2.41. The van der Waals surface area contributed by atoms with Crippen molar-refractivity contribution in [2.75, 3.05) is 50.0 Å². The molecule has 1 unspecified atom stereocenters. The molecule has 4 N–H and O–H groups in total. The number of hydrogen-bond acceptors (Lipinski definition) is 16. The maximum absolute atomic E-state index is 17.6. The summed E-state index contributed by atoms with van der Waals surface area (Å²) in [5.74, 6) is -3.15. The molecule has 4 aromatic heterocycles. The minimum Gasteiger partial charge on any atom is -0.461 e. The highest BCUT2D eigenvalue weighted by atomic mass is 35.5. The van der Waals surface area contributed by atoms with Crippen molar-refractivity contribution >= 4 is 83.6 Å². The number of fused-ring (bicyclic) bond motifs is 8. The predicted molar refractivity (Wildman–Crippen MR) is 305 cm³/mol. The van der Waals surface area contributed by atoms with E-state index >= 15 is 13.2 Å². The number of piperazine rings is 1. The molecule has 0 bridgehead atoms. The first-order chi connectivity index (χ1) is 40.1. The molecular weight excluding hydrogens is 1130 g/mol. The number of amides is 2. The highest BCUT2D eigenvalue weighted by Crippen LogP contribution is 2.49. The number of aryl methyl sites for hydroxylation is 1. The van der Waals surface area contributed by atoms with Gasteiger partial charge >= 0.3 is 18.1 Å². The zero-order valence-electron chi connectivity index (χ0n) is 46.1. The van der Waals surface area contributed by atoms with Crippen molar-refractivity contribution in [3.05, 3.63) is 114 Å². The van der Waals surface area contributed by atoms with Crippen molar-refractivity contribution in [3.63, 3.8) is 0 Å². The van der Waals surface area contributed by atoms with Gasteiger partial charge in [0.25, 0.3) is 11.5 Å². The molecule has 0 saturated carbocycles. The van der Waals surface area contributed by atoms with E-state index in [2.05, 4.69) is 21.8 Å². The molecular formula is C60H55ClF4N10O8S. The van der Waals surface area contributed by atoms with E-state index in [1.54, 1.807) is 24.8 Å². The van der Waals surface area contributed by atoms with Gasteiger partial charge < -0.3 is 44.7 Å². The number of pyridine rings is 2. The number of alkyl carbamates (subject to hydrolysis) is 1. The number of nitrogen functional groups attached to an aromatic ring is 1. The quantitative estimate of drug-likeness (QED) is 0.0659. The number of nitriles is 1. The number of carbonyl (C=O) groups is 3. The summed E-state index contributed by atoms with van der Waals surface area (Å²) in [7, 11) is 0. The number of benzene rings is 3. The average molecular weight is 1190 g/mol. The third kappa shape index (κ3) is 8.40. The summed E-state index contributed by atoms with van der Waals surface area (Å²) in [6, 6.07) is 7.48. The lowest BCUT2D eigenvalue weighted by molar-refractivity contribution is -0.172. The number of rotatable bonds is 10. The Kier molecular flexibility index (Phi) is 13.3. The summed E-state index contributed by atoms with van der Waals surface area (Å²) in [4.78, 5) is 75.3. The van der Waals surface area contributed by atoms with Gasteiger partial charge in [0, 0.05) is 77.6 Å². The fourth-order valence-electron chi connectivity index (χ4n) is 13.8. The molecule has 18 nitrogen and oxygen atoms in total. The number of nitrogens with two attached hydrogens (primary N) is 1. The largest absolute Gasteiger partial charge is 0.461 e. The summed E-state index contributed by atoms with van der Waals surface area (Å²) < 4.78 is 82.3. The Bertz CT molecular complexity index is 4210. The number of nitrogens with one attached hydrogen (secondary N) is 1. The Balaban J connectivity index is 0.759. The maximum Gasteiger partial charge on any atom is 0.408 e. The normalized spacial score (nSPS) is 22.8. The standard InChI is InChI=1S/C60H55ClF4N10O8S/c1-6-60(80)37-17-43-49-35(23-75(43)55(77)36(37)24-81-56(60)78)47-41(11-9-31-28(4)40(64)18-42(68-49)46(31)47)69-58(79)83-29(5)27(3)54(76)72-14-15-74(26(2)21-72)53-33-16-38(61)45(32-8-10-39(63)51-44(32)34(20-66)52(67)84-51)48(65)50(33)70-57(71-53)82-25-59-12-7-13-73(59)22-30(62)19-59/h8,10,16-18,26,29-30,41,80H,3,6-7,9,11-15,19,21-25,67H2,1-2,4-5H3,(H,69,79)/t26-,29?,30+,41-,59-,60-/m0/s1. The number of carbonyl (C=O) groups excluding carboxylic acids is 3. The number of alkyl halides is 1. The Morgan fingerprint density at radius 1 is 1.08 bits per heavy atom. The number of ether oxygens (including phenoxy) is 3. The molecule has 5 aliphatic heterocycles. The third-order valence-electron chi connectivity index (χ3n) is 18.2. The van der Waals surface area contributed by atoms with Gasteiger partial charge in [-0.15, -0.1) is 11.3 Å². The van der Waals surface area contributed by atoms with Crippen LogP contribution >= 0.6 is 22.9 Å². The molecule has 3 saturated heterocycles. The van der Waals surface area contributed by atoms with Gasteiger partial charge in [-0.3, -0.25) is 14.5 Å². The van der Waals surface area contributed by atoms with E-state index in [1.165, 1.54) is 29.7 Å². The maximum atomic E-state index is 17.6. The van der Waals surface area contributed by atoms with Gasteiger partial charge in [-0.25, -0.2) is 32.1 Å². The van der Waals surface area contributed by atoms with Crippen LogP contribution in [0, 0.1) is 35.7 Å². The van der Waals surface area contributed by atoms with E-state index in [9.17, 15) is 33.9 Å². The van der Waals surface area contributed by atoms with E-state index in [0.29, 0.717) is 70.4 Å². The monoisotopic (exact) mass is 1190 g/mol. The van der Waals surface area contributed by atoms with E-state index in [-0.39, 0.29) is 135 Å². The number of aromatic nitrogens is 4. The molecule has 434 valence electrons. The van der Waals surface area contributed by atoms with E-state index < -0.39 is 76.5 Å². The van der Waals surface area contributed by atoms with Crippen molar-refractivity contribution < 1.29 is 51.3 Å². The smallest absolute Gasteiger partial charge is 0.408 e. The first-order valence-electron chi connectivity index (χ1n) is 27.8. The van der Waals surface area contributed by atoms with Gasteiger partial charge in [0.2, 0.25) is 0 Å². The van der Waals surface area contributed by atoms with Gasteiger partial charge in [0.1, 0.15) is 59.5 Å². The van der Waals surface area contributed by atoms with Gasteiger partial charge in [-0.05, 0) is 99.9 Å². The molecule has 1 aliphatic carbocycles. The number of anilines is 2. The SMILES string of the molecule is C=C(C(=O)N1CCN(c2nc(OC[C@@]34CCCN3C[C@H](F)C4)nc3c(F)c(-c4ccc(F)c5sc(N)c(C#N)c45)c(Cl)cc23)[C@@H](C)C1)C(C)OC(=O)N[C@H]1CCc2c(C)c(F)cc3nc4c(c1c23)Cn1c-4cc2c(c1=O)COC(=O)[C@]2(O)CC. The van der Waals surface area contributed by atoms with Crippen LogP contribution in [0.1, 0.15) is 97.9 Å². The fraction of sp³-hybridized carbons (Fsp3) is 0.400. The van der Waals surface area contributed by atoms with Crippen LogP contribution in [0.5, 0.6) is 6.01 Å². The summed E-state index contributed by atoms with van der Waals surface area (Å²) in [5, 5.41) is 25.4. The average Bonchev–Trinajstić information content (AvgIpc) is 1.70. The molecule has 3 fully saturated rings. The number of thiophene rings is 1. The van der Waals surface area contributed by atoms with Gasteiger partial charge in [0.15, 0.2) is 11.4 Å². The highest BCUT2D eigenvalue weighted by Gasteiger charge is 2.50. The Labute approximate surface area is 486 Å². The van der Waals surface area contributed by atoms with E-state index in [0.717, 1.165) is 23.8 Å². The molecule has 3 aromatic carbocycles. The van der Waals surface area contributed by atoms with Crippen LogP contribution in [-0.2, 0) is 44.2 Å². The number of esters is 1. The van der Waals surface area contributed by atoms with Crippen molar-refractivity contribution in [2.24, 2.45) is 0 Å². The number of halogens is 5. The van der Waals surface area contributed by atoms with Crippen LogP contribution in [-0.4, -0.2) is 116 Å². The van der Waals surface area contributed by atoms with E-state index in [4.69, 9.17) is 41.5 Å². The third-order valence-corrected chi connectivity index (χ3v) is 19.5. The Hall–Kier alpha value is -7.91. The molecule has 24 heteroatoms. The zero-order chi connectivity index (χ0) is 59.2. The minimum atomic E-state index is -2.07. The zero-order valence-corrected chi connectivity index (χ0v) is 47.6. The second-order valence-electron chi connectivity index (χ2n) is 22.8. The van der Waals surface area contributed by atoms with Gasteiger partial charge in [0.05, 0.1) is 61.5 Å². The molecule has 6 atom stereocenters. The van der Waals surface area contributed by atoms with Crippen LogP contribution in [0.25, 0.3) is 54.4 Å². The number of cyclic esters (lactones) is 1. The molecule has 0 spiro atoms. The Morgan fingerprint density at radius 3 is 2.64 bits per heavy atom. The van der Waals surface area contributed by atoms with Crippen molar-refractivity contribution in [1.82, 2.24) is 34.6 Å². The van der Waals surface area contributed by atoms with Crippen molar-refractivity contribution in [3.8, 4) is 34.6 Å². The van der Waals surface area contributed by atoms with Crippen LogP contribution < -0.4 is 26.2 Å². The molecule has 13 rings (SSSR count). The topological polar surface area (TPSA) is 231 Å². The molecule has 7 aromatic rings. The minimum absolute atomic E-state index is 0.0248. The fourth-order valence-corrected chi connectivity index (χ4v) is 15.0. The van der Waals surface area contributed by atoms with Crippen molar-refractivity contribution in [1.29, 1.82) is 5.26 Å². The molecule has 0 radical (unpaired) electrons. The van der Waals surface area contributed by atoms with Crippen LogP contribution in [0.3, 0.4) is 0 Å².